The monoisotopic (exact) mass is 301 g/mol. The van der Waals surface area contributed by atoms with Crippen molar-refractivity contribution in [2.45, 2.75) is 18.2 Å². The highest BCUT2D eigenvalue weighted by atomic mass is 32.2. The molecule has 0 unspecified atom stereocenters. The third-order valence-corrected chi connectivity index (χ3v) is 3.91. The van der Waals surface area contributed by atoms with Crippen molar-refractivity contribution in [3.8, 4) is 5.75 Å². The number of hydrogen-bond donors (Lipinski definition) is 3. The summed E-state index contributed by atoms with van der Waals surface area (Å²) in [6, 6.07) is 4.10. The third kappa shape index (κ3) is 4.39. The molecular weight excluding hydrogens is 282 g/mol. The molecule has 112 valence electrons. The van der Waals surface area contributed by atoms with Gasteiger partial charge in [-0.1, -0.05) is 6.92 Å². The van der Waals surface area contributed by atoms with Crippen LogP contribution in [0.2, 0.25) is 0 Å². The van der Waals surface area contributed by atoms with E-state index in [4.69, 9.17) is 10.5 Å². The lowest BCUT2D eigenvalue weighted by Gasteiger charge is -2.09. The average molecular weight is 301 g/mol. The Kier molecular flexibility index (Phi) is 5.78. The van der Waals surface area contributed by atoms with E-state index in [1.807, 2.05) is 6.92 Å². The molecule has 1 aromatic carbocycles. The zero-order chi connectivity index (χ0) is 15.2. The maximum absolute atomic E-state index is 12.0. The molecule has 1 aromatic rings. The first-order valence-electron chi connectivity index (χ1n) is 6.10. The zero-order valence-corrected chi connectivity index (χ0v) is 12.3. The van der Waals surface area contributed by atoms with E-state index in [1.165, 1.54) is 25.3 Å². The molecule has 0 aliphatic rings. The Morgan fingerprint density at radius 1 is 1.40 bits per heavy atom. The normalized spacial score (nSPS) is 11.1. The Hall–Kier alpha value is -1.80. The number of carbonyl (C=O) groups is 1. The van der Waals surface area contributed by atoms with Crippen LogP contribution in [0.5, 0.6) is 5.75 Å². The van der Waals surface area contributed by atoms with Crippen LogP contribution in [0.4, 0.5) is 5.69 Å². The van der Waals surface area contributed by atoms with Gasteiger partial charge in [0.25, 0.3) is 0 Å². The summed E-state index contributed by atoms with van der Waals surface area (Å²) in [5.74, 6) is 0.0153. The van der Waals surface area contributed by atoms with Gasteiger partial charge in [-0.3, -0.25) is 4.79 Å². The molecule has 7 nitrogen and oxygen atoms in total. The molecule has 4 N–H and O–H groups in total. The molecule has 1 amide bonds. The van der Waals surface area contributed by atoms with Crippen molar-refractivity contribution < 1.29 is 17.9 Å². The number of rotatable bonds is 7. The molecule has 0 aliphatic heterocycles. The molecule has 0 heterocycles. The second-order valence-electron chi connectivity index (χ2n) is 4.08. The van der Waals surface area contributed by atoms with Crippen LogP contribution in [0.1, 0.15) is 13.3 Å². The highest BCUT2D eigenvalue weighted by Crippen LogP contribution is 2.24. The quantitative estimate of drug-likeness (QED) is 0.618. The van der Waals surface area contributed by atoms with Gasteiger partial charge in [0.15, 0.2) is 0 Å². The Bertz CT molecular complexity index is 572. The fraction of sp³-hybridized carbons (Fsp3) is 0.417. The molecule has 0 radical (unpaired) electrons. The lowest BCUT2D eigenvalue weighted by atomic mass is 10.3. The van der Waals surface area contributed by atoms with Gasteiger partial charge in [0.2, 0.25) is 15.9 Å². The fourth-order valence-corrected chi connectivity index (χ4v) is 2.47. The summed E-state index contributed by atoms with van der Waals surface area (Å²) in [5.41, 5.74) is 5.87. The maximum atomic E-state index is 12.0. The Balaban J connectivity index is 2.74. The Morgan fingerprint density at radius 3 is 2.65 bits per heavy atom. The highest BCUT2D eigenvalue weighted by Gasteiger charge is 2.16. The molecule has 1 rings (SSSR count). The van der Waals surface area contributed by atoms with Crippen molar-refractivity contribution in [1.82, 2.24) is 10.0 Å². The van der Waals surface area contributed by atoms with Gasteiger partial charge in [0.1, 0.15) is 5.75 Å². The third-order valence-electron chi connectivity index (χ3n) is 2.51. The summed E-state index contributed by atoms with van der Waals surface area (Å²) in [5, 5.41) is 2.58. The van der Waals surface area contributed by atoms with E-state index in [2.05, 4.69) is 10.0 Å². The Morgan fingerprint density at radius 2 is 2.10 bits per heavy atom. The van der Waals surface area contributed by atoms with Crippen LogP contribution in [0, 0.1) is 0 Å². The van der Waals surface area contributed by atoms with Crippen molar-refractivity contribution in [2.24, 2.45) is 0 Å². The Labute approximate surface area is 118 Å². The van der Waals surface area contributed by atoms with Crippen molar-refractivity contribution in [1.29, 1.82) is 0 Å². The van der Waals surface area contributed by atoms with Crippen LogP contribution < -0.4 is 20.5 Å². The molecule has 0 atom stereocenters. The number of sulfonamides is 1. The molecular formula is C12H19N3O4S. The second-order valence-corrected chi connectivity index (χ2v) is 5.85. The first-order valence-corrected chi connectivity index (χ1v) is 7.59. The SMILES string of the molecule is CCCNC(=O)CNS(=O)(=O)c1ccc(OC)c(N)c1. The van der Waals surface area contributed by atoms with Crippen molar-refractivity contribution in [3.05, 3.63) is 18.2 Å². The van der Waals surface area contributed by atoms with Gasteiger partial charge in [-0.25, -0.2) is 13.1 Å². The van der Waals surface area contributed by atoms with Crippen LogP contribution >= 0.6 is 0 Å². The van der Waals surface area contributed by atoms with E-state index >= 15 is 0 Å². The van der Waals surface area contributed by atoms with Crippen molar-refractivity contribution in [3.63, 3.8) is 0 Å². The van der Waals surface area contributed by atoms with E-state index in [1.54, 1.807) is 0 Å². The molecule has 0 saturated heterocycles. The highest BCUT2D eigenvalue weighted by molar-refractivity contribution is 7.89. The molecule has 0 spiro atoms. The van der Waals surface area contributed by atoms with E-state index in [9.17, 15) is 13.2 Å². The average Bonchev–Trinajstić information content (AvgIpc) is 2.42. The minimum absolute atomic E-state index is 0.0147. The topological polar surface area (TPSA) is 111 Å². The summed E-state index contributed by atoms with van der Waals surface area (Å²) >= 11 is 0. The number of hydrogen-bond acceptors (Lipinski definition) is 5. The molecule has 20 heavy (non-hydrogen) atoms. The lowest BCUT2D eigenvalue weighted by molar-refractivity contribution is -0.119. The van der Waals surface area contributed by atoms with Gasteiger partial charge < -0.3 is 15.8 Å². The molecule has 0 fully saturated rings. The molecule has 0 aromatic heterocycles. The second kappa shape index (κ2) is 7.11. The van der Waals surface area contributed by atoms with Crippen LogP contribution in [0.3, 0.4) is 0 Å². The smallest absolute Gasteiger partial charge is 0.241 e. The lowest BCUT2D eigenvalue weighted by Crippen LogP contribution is -2.37. The van der Waals surface area contributed by atoms with Crippen LogP contribution in [-0.4, -0.2) is 34.5 Å². The van der Waals surface area contributed by atoms with Crippen molar-refractivity contribution in [2.75, 3.05) is 25.9 Å². The van der Waals surface area contributed by atoms with Crippen LogP contribution in [0.25, 0.3) is 0 Å². The number of methoxy groups -OCH3 is 1. The summed E-state index contributed by atoms with van der Waals surface area (Å²) in [7, 11) is -2.33. The standard InChI is InChI=1S/C12H19N3O4S/c1-3-6-14-12(16)8-15-20(17,18)9-4-5-11(19-2)10(13)7-9/h4-5,7,15H,3,6,8,13H2,1-2H3,(H,14,16). The zero-order valence-electron chi connectivity index (χ0n) is 11.5. The number of nitrogens with two attached hydrogens (primary N) is 1. The van der Waals surface area contributed by atoms with Gasteiger partial charge in [-0.05, 0) is 24.6 Å². The molecule has 8 heteroatoms. The number of anilines is 1. The summed E-state index contributed by atoms with van der Waals surface area (Å²) in [4.78, 5) is 11.3. The number of nitrogens with one attached hydrogen (secondary N) is 2. The van der Waals surface area contributed by atoms with Crippen molar-refractivity contribution >= 4 is 21.6 Å². The molecule has 0 aliphatic carbocycles. The number of amides is 1. The predicted molar refractivity (Wildman–Crippen MR) is 75.9 cm³/mol. The van der Waals surface area contributed by atoms with Crippen LogP contribution in [-0.2, 0) is 14.8 Å². The first kappa shape index (κ1) is 16.3. The van der Waals surface area contributed by atoms with E-state index in [-0.39, 0.29) is 23.0 Å². The number of carbonyl (C=O) groups excluding carboxylic acids is 1. The van der Waals surface area contributed by atoms with E-state index in [0.717, 1.165) is 6.42 Å². The number of ether oxygens (including phenoxy) is 1. The fourth-order valence-electron chi connectivity index (χ4n) is 1.45. The van der Waals surface area contributed by atoms with E-state index < -0.39 is 10.0 Å². The van der Waals surface area contributed by atoms with Crippen LogP contribution in [0.15, 0.2) is 23.1 Å². The van der Waals surface area contributed by atoms with Gasteiger partial charge in [0.05, 0.1) is 24.2 Å². The van der Waals surface area contributed by atoms with Gasteiger partial charge in [0, 0.05) is 6.54 Å². The predicted octanol–water partition coefficient (Wildman–Crippen LogP) is 0.0819. The molecule has 0 bridgehead atoms. The minimum Gasteiger partial charge on any atom is -0.495 e. The maximum Gasteiger partial charge on any atom is 0.241 e. The molecule has 0 saturated carbocycles. The summed E-state index contributed by atoms with van der Waals surface area (Å²) in [6.45, 7) is 2.11. The number of benzene rings is 1. The minimum atomic E-state index is -3.77. The first-order chi connectivity index (χ1) is 9.40. The van der Waals surface area contributed by atoms with Gasteiger partial charge in [-0.2, -0.15) is 0 Å². The summed E-state index contributed by atoms with van der Waals surface area (Å²) < 4.78 is 31.1. The summed E-state index contributed by atoms with van der Waals surface area (Å²) in [6.07, 6.45) is 0.785. The largest absolute Gasteiger partial charge is 0.495 e. The van der Waals surface area contributed by atoms with Gasteiger partial charge in [-0.15, -0.1) is 0 Å². The number of nitrogen functional groups attached to an aromatic ring is 1. The van der Waals surface area contributed by atoms with E-state index in [0.29, 0.717) is 12.3 Å². The van der Waals surface area contributed by atoms with Gasteiger partial charge >= 0.3 is 0 Å².